The number of hydrogen-bond acceptors (Lipinski definition) is 5. The Morgan fingerprint density at radius 2 is 1.80 bits per heavy atom. The monoisotopic (exact) mass is 340 g/mol. The lowest BCUT2D eigenvalue weighted by Crippen LogP contribution is -2.16. The third-order valence-corrected chi connectivity index (χ3v) is 5.16. The van der Waals surface area contributed by atoms with Gasteiger partial charge in [0.05, 0.1) is 11.5 Å². The van der Waals surface area contributed by atoms with Gasteiger partial charge in [0.15, 0.2) is 0 Å². The molecule has 0 fully saturated rings. The molecule has 1 aromatic carbocycles. The number of benzene rings is 1. The Morgan fingerprint density at radius 1 is 1.15 bits per heavy atom. The summed E-state index contributed by atoms with van der Waals surface area (Å²) in [6.07, 6.45) is 1.73. The first-order chi connectivity index (χ1) is 9.13. The number of hydrogen-bond donors (Lipinski definition) is 0. The van der Waals surface area contributed by atoms with Crippen molar-refractivity contribution in [2.24, 2.45) is 0 Å². The molecular formula is C12H17ClO5S2. The highest BCUT2D eigenvalue weighted by atomic mass is 35.5. The van der Waals surface area contributed by atoms with Crippen molar-refractivity contribution < 1.29 is 21.0 Å². The van der Waals surface area contributed by atoms with Crippen LogP contribution in [0.4, 0.5) is 0 Å². The summed E-state index contributed by atoms with van der Waals surface area (Å²) in [5, 5.41) is 0.550. The summed E-state index contributed by atoms with van der Waals surface area (Å²) in [6, 6.07) is 4.60. The molecule has 0 N–H and O–H groups in total. The number of rotatable bonds is 7. The summed E-state index contributed by atoms with van der Waals surface area (Å²) in [5.74, 6) is -0.341. The summed E-state index contributed by atoms with van der Waals surface area (Å²) < 4.78 is 50.3. The zero-order valence-corrected chi connectivity index (χ0v) is 13.7. The lowest BCUT2D eigenvalue weighted by atomic mass is 10.2. The van der Waals surface area contributed by atoms with Crippen molar-refractivity contribution in [1.29, 1.82) is 0 Å². The first-order valence-electron chi connectivity index (χ1n) is 6.01. The Morgan fingerprint density at radius 3 is 2.35 bits per heavy atom. The van der Waals surface area contributed by atoms with Gasteiger partial charge in [0.2, 0.25) is 0 Å². The molecule has 0 spiro atoms. The summed E-state index contributed by atoms with van der Waals surface area (Å²) in [6.45, 7) is 1.89. The maximum atomic E-state index is 11.7. The Labute approximate surface area is 124 Å². The minimum absolute atomic E-state index is 0.00932. The Hall–Kier alpha value is -0.790. The van der Waals surface area contributed by atoms with Gasteiger partial charge >= 0.3 is 10.1 Å². The highest BCUT2D eigenvalue weighted by molar-refractivity contribution is 7.90. The average Bonchev–Trinajstić information content (AvgIpc) is 2.29. The van der Waals surface area contributed by atoms with E-state index in [4.69, 9.17) is 15.8 Å². The predicted octanol–water partition coefficient (Wildman–Crippen LogP) is 2.05. The highest BCUT2D eigenvalue weighted by Crippen LogP contribution is 2.23. The van der Waals surface area contributed by atoms with Crippen LogP contribution in [0.15, 0.2) is 18.2 Å². The molecule has 0 atom stereocenters. The third kappa shape index (κ3) is 6.11. The van der Waals surface area contributed by atoms with Crippen LogP contribution in [0.2, 0.25) is 5.02 Å². The Kier molecular flexibility index (Phi) is 5.85. The van der Waals surface area contributed by atoms with E-state index in [2.05, 4.69) is 0 Å². The summed E-state index contributed by atoms with van der Waals surface area (Å²) in [7, 11) is -6.98. The lowest BCUT2D eigenvalue weighted by Gasteiger charge is -2.08. The molecule has 1 aromatic rings. The molecule has 0 radical (unpaired) electrons. The second kappa shape index (κ2) is 6.78. The lowest BCUT2D eigenvalue weighted by molar-refractivity contribution is 0.485. The van der Waals surface area contributed by atoms with Crippen LogP contribution in [0.25, 0.3) is 0 Å². The van der Waals surface area contributed by atoms with Gasteiger partial charge < -0.3 is 4.18 Å². The van der Waals surface area contributed by atoms with Gasteiger partial charge in [-0.15, -0.1) is 0 Å². The number of aryl methyl sites for hydroxylation is 1. The van der Waals surface area contributed by atoms with Crippen molar-refractivity contribution in [3.05, 3.63) is 28.8 Å². The summed E-state index contributed by atoms with van der Waals surface area (Å²) in [5.41, 5.74) is 0.788. The van der Waals surface area contributed by atoms with Gasteiger partial charge in [-0.3, -0.25) is 0 Å². The van der Waals surface area contributed by atoms with Gasteiger partial charge in [-0.05, 0) is 36.6 Å². The van der Waals surface area contributed by atoms with Crippen LogP contribution in [0.3, 0.4) is 0 Å². The largest absolute Gasteiger partial charge is 0.382 e. The standard InChI is InChI=1S/C12H17ClO5S2/c1-3-10-9-11(5-6-12(10)13)18-20(16,17)8-4-7-19(2,14)15/h5-6,9H,3-4,7-8H2,1-2H3. The molecule has 5 nitrogen and oxygen atoms in total. The molecule has 0 amide bonds. The molecule has 0 heterocycles. The van der Waals surface area contributed by atoms with Gasteiger partial charge in [-0.25, -0.2) is 8.42 Å². The van der Waals surface area contributed by atoms with E-state index in [9.17, 15) is 16.8 Å². The SMILES string of the molecule is CCc1cc(OS(=O)(=O)CCCS(C)(=O)=O)ccc1Cl. The Bertz CT molecular complexity index is 665. The van der Waals surface area contributed by atoms with Crippen LogP contribution in [0.5, 0.6) is 5.75 Å². The highest BCUT2D eigenvalue weighted by Gasteiger charge is 2.15. The second-order valence-electron chi connectivity index (χ2n) is 4.44. The number of halogens is 1. The van der Waals surface area contributed by atoms with E-state index in [0.29, 0.717) is 11.4 Å². The van der Waals surface area contributed by atoms with E-state index in [1.54, 1.807) is 12.1 Å². The van der Waals surface area contributed by atoms with Crippen LogP contribution < -0.4 is 4.18 Å². The van der Waals surface area contributed by atoms with Gasteiger partial charge in [0, 0.05) is 11.3 Å². The fourth-order valence-corrected chi connectivity index (χ4v) is 3.64. The molecule has 20 heavy (non-hydrogen) atoms. The van der Waals surface area contributed by atoms with Crippen LogP contribution in [0, 0.1) is 0 Å². The maximum absolute atomic E-state index is 11.7. The first kappa shape index (κ1) is 17.3. The van der Waals surface area contributed by atoms with Crippen molar-refractivity contribution in [2.75, 3.05) is 17.8 Å². The van der Waals surface area contributed by atoms with Crippen molar-refractivity contribution in [2.45, 2.75) is 19.8 Å². The molecule has 0 aliphatic heterocycles. The quantitative estimate of drug-likeness (QED) is 0.710. The van der Waals surface area contributed by atoms with Crippen molar-refractivity contribution in [3.8, 4) is 5.75 Å². The van der Waals surface area contributed by atoms with Gasteiger partial charge in [0.25, 0.3) is 0 Å². The van der Waals surface area contributed by atoms with E-state index < -0.39 is 20.0 Å². The van der Waals surface area contributed by atoms with Crippen LogP contribution >= 0.6 is 11.6 Å². The molecule has 0 aliphatic rings. The smallest absolute Gasteiger partial charge is 0.309 e. The van der Waals surface area contributed by atoms with Crippen LogP contribution in [-0.2, 0) is 26.4 Å². The zero-order chi connectivity index (χ0) is 15.4. The maximum Gasteiger partial charge on any atom is 0.309 e. The molecule has 0 saturated heterocycles. The predicted molar refractivity (Wildman–Crippen MR) is 79.6 cm³/mol. The van der Waals surface area contributed by atoms with Gasteiger partial charge in [0.1, 0.15) is 15.6 Å². The van der Waals surface area contributed by atoms with Crippen LogP contribution in [-0.4, -0.2) is 34.6 Å². The minimum atomic E-state index is -3.80. The molecule has 114 valence electrons. The fraction of sp³-hybridized carbons (Fsp3) is 0.500. The minimum Gasteiger partial charge on any atom is -0.382 e. The van der Waals surface area contributed by atoms with E-state index in [1.165, 1.54) is 6.07 Å². The van der Waals surface area contributed by atoms with Crippen molar-refractivity contribution in [1.82, 2.24) is 0 Å². The van der Waals surface area contributed by atoms with E-state index >= 15 is 0 Å². The molecule has 8 heteroatoms. The second-order valence-corrected chi connectivity index (χ2v) is 8.79. The molecule has 0 saturated carbocycles. The third-order valence-electron chi connectivity index (χ3n) is 2.53. The molecule has 0 aliphatic carbocycles. The average molecular weight is 341 g/mol. The Balaban J connectivity index is 2.71. The zero-order valence-electron chi connectivity index (χ0n) is 11.3. The van der Waals surface area contributed by atoms with E-state index in [-0.39, 0.29) is 23.7 Å². The molecule has 1 rings (SSSR count). The molecular weight excluding hydrogens is 324 g/mol. The molecule has 0 unspecified atom stereocenters. The van der Waals surface area contributed by atoms with E-state index in [0.717, 1.165) is 11.8 Å². The molecule has 0 bridgehead atoms. The fourth-order valence-electron chi connectivity index (χ4n) is 1.56. The summed E-state index contributed by atoms with van der Waals surface area (Å²) in [4.78, 5) is 0. The number of sulfone groups is 1. The van der Waals surface area contributed by atoms with Gasteiger partial charge in [-0.2, -0.15) is 8.42 Å². The first-order valence-corrected chi connectivity index (χ1v) is 10.0. The van der Waals surface area contributed by atoms with E-state index in [1.807, 2.05) is 6.92 Å². The normalized spacial score (nSPS) is 12.3. The molecule has 0 aromatic heterocycles. The van der Waals surface area contributed by atoms with Crippen molar-refractivity contribution in [3.63, 3.8) is 0 Å². The van der Waals surface area contributed by atoms with Gasteiger partial charge in [-0.1, -0.05) is 18.5 Å². The summed E-state index contributed by atoms with van der Waals surface area (Å²) >= 11 is 5.93. The topological polar surface area (TPSA) is 77.5 Å². The van der Waals surface area contributed by atoms with Crippen LogP contribution in [0.1, 0.15) is 18.9 Å². The van der Waals surface area contributed by atoms with Crippen molar-refractivity contribution >= 4 is 31.6 Å².